The summed E-state index contributed by atoms with van der Waals surface area (Å²) in [6.45, 7) is 1.80. The number of amides is 2. The van der Waals surface area contributed by atoms with E-state index in [9.17, 15) is 9.59 Å². The first-order valence-corrected chi connectivity index (χ1v) is 9.70. The second-order valence-corrected chi connectivity index (χ2v) is 7.89. The van der Waals surface area contributed by atoms with Crippen LogP contribution in [0.2, 0.25) is 10.0 Å². The molecule has 0 bridgehead atoms. The fourth-order valence-electron chi connectivity index (χ4n) is 2.40. The van der Waals surface area contributed by atoms with Crippen LogP contribution in [0.4, 0.5) is 11.4 Å². The maximum atomic E-state index is 12.5. The quantitative estimate of drug-likeness (QED) is 0.714. The van der Waals surface area contributed by atoms with Gasteiger partial charge in [-0.05, 0) is 43.3 Å². The molecule has 27 heavy (non-hydrogen) atoms. The van der Waals surface area contributed by atoms with Crippen LogP contribution in [0.25, 0.3) is 0 Å². The van der Waals surface area contributed by atoms with Gasteiger partial charge in [0.15, 0.2) is 5.17 Å². The normalized spacial score (nSPS) is 18.0. The summed E-state index contributed by atoms with van der Waals surface area (Å²) in [5.74, 6) is -0.464. The van der Waals surface area contributed by atoms with Crippen LogP contribution in [0.1, 0.15) is 6.92 Å². The fraction of sp³-hybridized carbons (Fsp3) is 0.167. The first kappa shape index (κ1) is 19.5. The number of nitrogens with zero attached hydrogens (tertiary/aromatic N) is 2. The van der Waals surface area contributed by atoms with Gasteiger partial charge in [-0.25, -0.2) is 5.43 Å². The molecule has 1 atom stereocenters. The van der Waals surface area contributed by atoms with E-state index in [1.54, 1.807) is 55.5 Å². The van der Waals surface area contributed by atoms with Crippen molar-refractivity contribution in [2.24, 2.45) is 5.10 Å². The average molecular weight is 423 g/mol. The van der Waals surface area contributed by atoms with E-state index in [1.807, 2.05) is 0 Å². The van der Waals surface area contributed by atoms with Gasteiger partial charge < -0.3 is 5.32 Å². The Hall–Kier alpha value is -2.22. The minimum absolute atomic E-state index is 0.0163. The Morgan fingerprint density at radius 2 is 1.89 bits per heavy atom. The van der Waals surface area contributed by atoms with E-state index in [1.165, 1.54) is 16.7 Å². The number of carbonyl (C=O) groups excluding carboxylic acids is 2. The summed E-state index contributed by atoms with van der Waals surface area (Å²) >= 11 is 13.2. The van der Waals surface area contributed by atoms with Crippen LogP contribution < -0.4 is 15.6 Å². The highest BCUT2D eigenvalue weighted by atomic mass is 35.5. The van der Waals surface area contributed by atoms with Gasteiger partial charge in [-0.3, -0.25) is 14.5 Å². The van der Waals surface area contributed by atoms with Crippen molar-refractivity contribution in [2.45, 2.75) is 12.2 Å². The van der Waals surface area contributed by atoms with Gasteiger partial charge in [0.05, 0.1) is 17.5 Å². The summed E-state index contributed by atoms with van der Waals surface area (Å²) in [7, 11) is 0. The molecule has 1 aliphatic rings. The number of hydrogen-bond acceptors (Lipinski definition) is 5. The topological polar surface area (TPSA) is 73.8 Å². The molecule has 6 nitrogen and oxygen atoms in total. The van der Waals surface area contributed by atoms with Crippen molar-refractivity contribution in [1.29, 1.82) is 0 Å². The number of hydrogen-bond donors (Lipinski definition) is 2. The number of anilines is 2. The smallest absolute Gasteiger partial charge is 0.259 e. The summed E-state index contributed by atoms with van der Waals surface area (Å²) in [6.07, 6.45) is 0. The van der Waals surface area contributed by atoms with Crippen molar-refractivity contribution in [1.82, 2.24) is 5.43 Å². The largest absolute Gasteiger partial charge is 0.376 e. The van der Waals surface area contributed by atoms with Gasteiger partial charge in [-0.1, -0.05) is 47.1 Å². The molecule has 1 fully saturated rings. The number of thioether (sulfide) groups is 1. The van der Waals surface area contributed by atoms with Gasteiger partial charge in [-0.2, -0.15) is 0 Å². The maximum Gasteiger partial charge on any atom is 0.259 e. The highest BCUT2D eigenvalue weighted by Crippen LogP contribution is 2.32. The van der Waals surface area contributed by atoms with Crippen LogP contribution in [0.5, 0.6) is 0 Å². The van der Waals surface area contributed by atoms with Gasteiger partial charge in [0, 0.05) is 15.7 Å². The number of rotatable bonds is 5. The average Bonchev–Trinajstić information content (AvgIpc) is 2.92. The molecule has 0 unspecified atom stereocenters. The lowest BCUT2D eigenvalue weighted by Crippen LogP contribution is -2.34. The van der Waals surface area contributed by atoms with Crippen molar-refractivity contribution in [3.63, 3.8) is 0 Å². The molecule has 0 saturated carbocycles. The monoisotopic (exact) mass is 422 g/mol. The molecule has 0 aliphatic carbocycles. The van der Waals surface area contributed by atoms with Gasteiger partial charge in [0.2, 0.25) is 5.91 Å². The summed E-state index contributed by atoms with van der Waals surface area (Å²) in [4.78, 5) is 26.0. The van der Waals surface area contributed by atoms with Crippen molar-refractivity contribution in [2.75, 3.05) is 16.8 Å². The first-order valence-electron chi connectivity index (χ1n) is 8.06. The zero-order chi connectivity index (χ0) is 19.4. The Morgan fingerprint density at radius 1 is 1.19 bits per heavy atom. The van der Waals surface area contributed by atoms with E-state index in [0.29, 0.717) is 20.9 Å². The molecule has 0 radical (unpaired) electrons. The summed E-state index contributed by atoms with van der Waals surface area (Å²) in [5, 5.41) is 8.26. The lowest BCUT2D eigenvalue weighted by atomic mass is 10.3. The highest BCUT2D eigenvalue weighted by Gasteiger charge is 2.36. The Bertz CT molecular complexity index is 906. The molecule has 1 saturated heterocycles. The summed E-state index contributed by atoms with van der Waals surface area (Å²) in [6, 6.07) is 14.0. The Kier molecular flexibility index (Phi) is 6.26. The molecule has 2 N–H and O–H groups in total. The molecule has 2 aromatic rings. The molecule has 140 valence electrons. The van der Waals surface area contributed by atoms with Crippen LogP contribution in [0, 0.1) is 0 Å². The molecule has 1 aliphatic heterocycles. The molecule has 0 aromatic heterocycles. The Labute approximate surface area is 170 Å². The minimum atomic E-state index is -0.346. The third-order valence-electron chi connectivity index (χ3n) is 3.66. The standard InChI is InChI=1S/C18H16Cl2N4O2S/c1-11-17(26)24(15-7-3-5-13(20)9-15)18(27-11)23-22-16(25)10-21-14-6-2-4-12(19)8-14/h2-9,11,21H,10H2,1H3,(H,22,25)/b23-18+/t11-/m1/s1. The molecule has 3 rings (SSSR count). The van der Waals surface area contributed by atoms with E-state index in [0.717, 1.165) is 5.69 Å². The molecule has 9 heteroatoms. The highest BCUT2D eigenvalue weighted by molar-refractivity contribution is 8.16. The van der Waals surface area contributed by atoms with Crippen LogP contribution in [0.15, 0.2) is 53.6 Å². The van der Waals surface area contributed by atoms with Crippen LogP contribution in [-0.4, -0.2) is 28.8 Å². The molecule has 2 amide bonds. The van der Waals surface area contributed by atoms with E-state index in [2.05, 4.69) is 15.8 Å². The Morgan fingerprint density at radius 3 is 2.59 bits per heavy atom. The number of carbonyl (C=O) groups is 2. The van der Waals surface area contributed by atoms with Crippen molar-refractivity contribution >= 4 is 63.3 Å². The third-order valence-corrected chi connectivity index (χ3v) is 5.17. The number of halogens is 2. The maximum absolute atomic E-state index is 12.5. The molecular formula is C18H16Cl2N4O2S. The second kappa shape index (κ2) is 8.65. The summed E-state index contributed by atoms with van der Waals surface area (Å²) in [5.41, 5.74) is 3.80. The minimum Gasteiger partial charge on any atom is -0.376 e. The van der Waals surface area contributed by atoms with Crippen LogP contribution in [-0.2, 0) is 9.59 Å². The van der Waals surface area contributed by atoms with E-state index in [-0.39, 0.29) is 23.6 Å². The molecule has 1 heterocycles. The van der Waals surface area contributed by atoms with Crippen molar-refractivity contribution in [3.05, 3.63) is 58.6 Å². The van der Waals surface area contributed by atoms with Crippen LogP contribution >= 0.6 is 35.0 Å². The fourth-order valence-corrected chi connectivity index (χ4v) is 3.69. The lowest BCUT2D eigenvalue weighted by Gasteiger charge is -2.16. The lowest BCUT2D eigenvalue weighted by molar-refractivity contribution is -0.119. The number of benzene rings is 2. The predicted octanol–water partition coefficient (Wildman–Crippen LogP) is 3.96. The zero-order valence-electron chi connectivity index (χ0n) is 14.3. The summed E-state index contributed by atoms with van der Waals surface area (Å²) < 4.78 is 0. The van der Waals surface area contributed by atoms with Gasteiger partial charge >= 0.3 is 0 Å². The van der Waals surface area contributed by atoms with Crippen molar-refractivity contribution < 1.29 is 9.59 Å². The van der Waals surface area contributed by atoms with Crippen molar-refractivity contribution in [3.8, 4) is 0 Å². The predicted molar refractivity (Wildman–Crippen MR) is 112 cm³/mol. The second-order valence-electron chi connectivity index (χ2n) is 5.71. The van der Waals surface area contributed by atoms with Crippen LogP contribution in [0.3, 0.4) is 0 Å². The Balaban J connectivity index is 1.67. The van der Waals surface area contributed by atoms with E-state index in [4.69, 9.17) is 23.2 Å². The number of nitrogens with one attached hydrogen (secondary N) is 2. The first-order chi connectivity index (χ1) is 12.9. The molecule has 2 aromatic carbocycles. The van der Waals surface area contributed by atoms with E-state index >= 15 is 0 Å². The molecule has 0 spiro atoms. The van der Waals surface area contributed by atoms with Gasteiger partial charge in [0.1, 0.15) is 0 Å². The number of hydrazone groups is 1. The van der Waals surface area contributed by atoms with Gasteiger partial charge in [-0.15, -0.1) is 5.10 Å². The van der Waals surface area contributed by atoms with Gasteiger partial charge in [0.25, 0.3) is 5.91 Å². The van der Waals surface area contributed by atoms with E-state index < -0.39 is 0 Å². The third kappa shape index (κ3) is 4.94. The number of amidine groups is 1. The SMILES string of the molecule is C[C@H]1S/C(=N/NC(=O)CNc2cccc(Cl)c2)N(c2cccc(Cl)c2)C1=O. The molecular weight excluding hydrogens is 407 g/mol. The zero-order valence-corrected chi connectivity index (χ0v) is 16.6.